The SMILES string of the molecule is CC(C)(C)OC(=O)N1CCc2ccccc2C1CCN1CCC(c2c[nH]c3ccc(F)cc23)CC1. The number of fused-ring (bicyclic) bond motifs is 2. The number of H-pyrrole nitrogens is 1. The molecular weight excluding hydrogens is 441 g/mol. The number of benzene rings is 2. The van der Waals surface area contributed by atoms with Crippen molar-refractivity contribution < 1.29 is 13.9 Å². The van der Waals surface area contributed by atoms with Gasteiger partial charge in [-0.05, 0) is 100 Å². The number of carbonyl (C=O) groups excluding carboxylic acids is 1. The number of halogens is 1. The Labute approximate surface area is 207 Å². The summed E-state index contributed by atoms with van der Waals surface area (Å²) in [5, 5.41) is 1.01. The number of likely N-dealkylation sites (tertiary alicyclic amines) is 1. The Bertz CT molecular complexity index is 1190. The zero-order valence-corrected chi connectivity index (χ0v) is 21.0. The van der Waals surface area contributed by atoms with Gasteiger partial charge < -0.3 is 19.5 Å². The fourth-order valence-electron chi connectivity index (χ4n) is 5.73. The third-order valence-corrected chi connectivity index (χ3v) is 7.46. The molecule has 3 heterocycles. The maximum Gasteiger partial charge on any atom is 0.410 e. The molecule has 1 unspecified atom stereocenters. The van der Waals surface area contributed by atoms with Crippen molar-refractivity contribution in [2.45, 2.75) is 64.0 Å². The Balaban J connectivity index is 1.24. The fraction of sp³-hybridized carbons (Fsp3) is 0.483. The standard InChI is InChI=1S/C29H36FN3O2/c1-29(2,3)35-28(34)33-17-12-20-6-4-5-7-23(20)27(33)13-16-32-14-10-21(11-15-32)25-19-31-26-9-8-22(30)18-24(25)26/h4-9,18-19,21,27,31H,10-17H2,1-3H3. The first-order valence-corrected chi connectivity index (χ1v) is 12.8. The lowest BCUT2D eigenvalue weighted by Gasteiger charge is -2.40. The molecular formula is C29H36FN3O2. The maximum atomic E-state index is 13.8. The largest absolute Gasteiger partial charge is 0.444 e. The summed E-state index contributed by atoms with van der Waals surface area (Å²) in [6.07, 6.45) is 5.70. The number of piperidine rings is 1. The molecule has 2 aromatic carbocycles. The molecule has 1 N–H and O–H groups in total. The van der Waals surface area contributed by atoms with Gasteiger partial charge in [0.1, 0.15) is 11.4 Å². The molecule has 35 heavy (non-hydrogen) atoms. The van der Waals surface area contributed by atoms with E-state index in [1.165, 1.54) is 22.8 Å². The lowest BCUT2D eigenvalue weighted by Crippen LogP contribution is -2.44. The van der Waals surface area contributed by atoms with Crippen LogP contribution >= 0.6 is 0 Å². The number of carbonyl (C=O) groups is 1. The molecule has 1 fully saturated rings. The molecule has 0 radical (unpaired) electrons. The molecule has 2 aliphatic heterocycles. The summed E-state index contributed by atoms with van der Waals surface area (Å²) in [5.74, 6) is 0.258. The molecule has 0 bridgehead atoms. The number of aromatic amines is 1. The highest BCUT2D eigenvalue weighted by Gasteiger charge is 2.34. The second-order valence-electron chi connectivity index (χ2n) is 11.0. The minimum Gasteiger partial charge on any atom is -0.444 e. The number of nitrogens with one attached hydrogen (secondary N) is 1. The van der Waals surface area contributed by atoms with Gasteiger partial charge in [-0.1, -0.05) is 24.3 Å². The monoisotopic (exact) mass is 477 g/mol. The summed E-state index contributed by atoms with van der Waals surface area (Å²) >= 11 is 0. The Kier molecular flexibility index (Phi) is 6.58. The maximum absolute atomic E-state index is 13.8. The highest BCUT2D eigenvalue weighted by Crippen LogP contribution is 2.36. The molecule has 6 heteroatoms. The third-order valence-electron chi connectivity index (χ3n) is 7.46. The van der Waals surface area contributed by atoms with Gasteiger partial charge >= 0.3 is 6.09 Å². The molecule has 0 spiro atoms. The van der Waals surface area contributed by atoms with Crippen molar-refractivity contribution in [1.82, 2.24) is 14.8 Å². The highest BCUT2D eigenvalue weighted by atomic mass is 19.1. The van der Waals surface area contributed by atoms with Crippen molar-refractivity contribution in [2.24, 2.45) is 0 Å². The fourth-order valence-corrected chi connectivity index (χ4v) is 5.73. The van der Waals surface area contributed by atoms with Crippen LogP contribution in [-0.4, -0.2) is 52.7 Å². The van der Waals surface area contributed by atoms with Crippen LogP contribution in [0.3, 0.4) is 0 Å². The Morgan fingerprint density at radius 3 is 2.63 bits per heavy atom. The predicted octanol–water partition coefficient (Wildman–Crippen LogP) is 6.41. The zero-order chi connectivity index (χ0) is 24.6. The van der Waals surface area contributed by atoms with E-state index in [-0.39, 0.29) is 18.0 Å². The number of aromatic nitrogens is 1. The van der Waals surface area contributed by atoms with Crippen molar-refractivity contribution in [3.63, 3.8) is 0 Å². The summed E-state index contributed by atoms with van der Waals surface area (Å²) < 4.78 is 19.6. The van der Waals surface area contributed by atoms with Gasteiger partial charge in [-0.25, -0.2) is 9.18 Å². The highest BCUT2D eigenvalue weighted by molar-refractivity contribution is 5.83. The molecule has 0 saturated carbocycles. The lowest BCUT2D eigenvalue weighted by atomic mass is 9.88. The van der Waals surface area contributed by atoms with Crippen LogP contribution in [0.25, 0.3) is 10.9 Å². The van der Waals surface area contributed by atoms with E-state index >= 15 is 0 Å². The van der Waals surface area contributed by atoms with Crippen LogP contribution in [0.5, 0.6) is 0 Å². The molecule has 186 valence electrons. The summed E-state index contributed by atoms with van der Waals surface area (Å²) in [7, 11) is 0. The van der Waals surface area contributed by atoms with Crippen molar-refractivity contribution in [3.05, 3.63) is 71.2 Å². The van der Waals surface area contributed by atoms with E-state index < -0.39 is 5.60 Å². The molecule has 1 amide bonds. The molecule has 0 aliphatic carbocycles. The first-order valence-electron chi connectivity index (χ1n) is 12.8. The van der Waals surface area contributed by atoms with E-state index in [1.807, 2.05) is 31.7 Å². The van der Waals surface area contributed by atoms with E-state index in [0.29, 0.717) is 12.5 Å². The van der Waals surface area contributed by atoms with Crippen LogP contribution in [0.4, 0.5) is 9.18 Å². The number of nitrogens with zero attached hydrogens (tertiary/aromatic N) is 2. The van der Waals surface area contributed by atoms with Crippen LogP contribution in [-0.2, 0) is 11.2 Å². The minimum atomic E-state index is -0.508. The van der Waals surface area contributed by atoms with Gasteiger partial charge in [0.15, 0.2) is 0 Å². The van der Waals surface area contributed by atoms with Crippen LogP contribution in [0.15, 0.2) is 48.7 Å². The molecule has 5 rings (SSSR count). The van der Waals surface area contributed by atoms with Gasteiger partial charge in [0.05, 0.1) is 6.04 Å². The predicted molar refractivity (Wildman–Crippen MR) is 137 cm³/mol. The number of amides is 1. The average molecular weight is 478 g/mol. The Morgan fingerprint density at radius 1 is 1.09 bits per heavy atom. The third kappa shape index (κ3) is 5.22. The van der Waals surface area contributed by atoms with Crippen LogP contribution < -0.4 is 0 Å². The minimum absolute atomic E-state index is 0.0316. The smallest absolute Gasteiger partial charge is 0.410 e. The van der Waals surface area contributed by atoms with E-state index in [0.717, 1.165) is 56.2 Å². The topological polar surface area (TPSA) is 48.6 Å². The summed E-state index contributed by atoms with van der Waals surface area (Å²) in [6, 6.07) is 13.5. The van der Waals surface area contributed by atoms with E-state index in [1.54, 1.807) is 6.07 Å². The second kappa shape index (κ2) is 9.65. The lowest BCUT2D eigenvalue weighted by molar-refractivity contribution is 0.0119. The number of hydrogen-bond donors (Lipinski definition) is 1. The second-order valence-corrected chi connectivity index (χ2v) is 11.0. The number of hydrogen-bond acceptors (Lipinski definition) is 3. The zero-order valence-electron chi connectivity index (χ0n) is 21.0. The van der Waals surface area contributed by atoms with Gasteiger partial charge in [0, 0.05) is 30.2 Å². The quantitative estimate of drug-likeness (QED) is 0.472. The summed E-state index contributed by atoms with van der Waals surface area (Å²) in [5.41, 5.74) is 4.31. The first-order chi connectivity index (χ1) is 16.8. The van der Waals surface area contributed by atoms with Gasteiger partial charge in [-0.15, -0.1) is 0 Å². The molecule has 2 aliphatic rings. The van der Waals surface area contributed by atoms with Crippen molar-refractivity contribution >= 4 is 17.0 Å². The van der Waals surface area contributed by atoms with Crippen LogP contribution in [0, 0.1) is 5.82 Å². The summed E-state index contributed by atoms with van der Waals surface area (Å²) in [4.78, 5) is 20.8. The Morgan fingerprint density at radius 2 is 1.86 bits per heavy atom. The van der Waals surface area contributed by atoms with Gasteiger partial charge in [-0.2, -0.15) is 0 Å². The molecule has 5 nitrogen and oxygen atoms in total. The van der Waals surface area contributed by atoms with Crippen molar-refractivity contribution in [1.29, 1.82) is 0 Å². The van der Waals surface area contributed by atoms with Crippen LogP contribution in [0.2, 0.25) is 0 Å². The van der Waals surface area contributed by atoms with Gasteiger partial charge in [-0.3, -0.25) is 0 Å². The Hall–Kier alpha value is -2.86. The summed E-state index contributed by atoms with van der Waals surface area (Å²) in [6.45, 7) is 9.41. The normalized spacial score (nSPS) is 19.7. The van der Waals surface area contributed by atoms with E-state index in [9.17, 15) is 9.18 Å². The van der Waals surface area contributed by atoms with E-state index in [4.69, 9.17) is 4.74 Å². The van der Waals surface area contributed by atoms with E-state index in [2.05, 4.69) is 40.3 Å². The van der Waals surface area contributed by atoms with Gasteiger partial charge in [0.2, 0.25) is 0 Å². The molecule has 3 aromatic rings. The molecule has 1 saturated heterocycles. The first kappa shape index (κ1) is 23.9. The van der Waals surface area contributed by atoms with Gasteiger partial charge in [0.25, 0.3) is 0 Å². The van der Waals surface area contributed by atoms with Crippen LogP contribution in [0.1, 0.15) is 68.7 Å². The number of rotatable bonds is 4. The van der Waals surface area contributed by atoms with Crippen molar-refractivity contribution in [3.8, 4) is 0 Å². The number of ether oxygens (including phenoxy) is 1. The average Bonchev–Trinajstić information content (AvgIpc) is 3.24. The molecule has 1 aromatic heterocycles. The molecule has 1 atom stereocenters. The van der Waals surface area contributed by atoms with Crippen molar-refractivity contribution in [2.75, 3.05) is 26.2 Å².